The number of hydrogen-bond acceptors (Lipinski definition) is 4. The fraction of sp³-hybridized carbons (Fsp3) is 0.333. The van der Waals surface area contributed by atoms with E-state index in [1.54, 1.807) is 18.2 Å². The summed E-state index contributed by atoms with van der Waals surface area (Å²) < 4.78 is 26.5. The second-order valence-electron chi connectivity index (χ2n) is 4.34. The van der Waals surface area contributed by atoms with Crippen LogP contribution < -0.4 is 21.9 Å². The number of aliphatic imine (C=N–C) groups is 1. The number of guanidine groups is 1. The van der Waals surface area contributed by atoms with Gasteiger partial charge in [0.25, 0.3) is 0 Å². The highest BCUT2D eigenvalue weighted by atomic mass is 32.2. The molecule has 0 aliphatic carbocycles. The van der Waals surface area contributed by atoms with Gasteiger partial charge >= 0.3 is 0 Å². The van der Waals surface area contributed by atoms with Crippen LogP contribution in [0.2, 0.25) is 0 Å². The van der Waals surface area contributed by atoms with Crippen molar-refractivity contribution >= 4 is 21.9 Å². The molecule has 0 saturated heterocycles. The van der Waals surface area contributed by atoms with Gasteiger partial charge in [0.1, 0.15) is 6.04 Å². The number of primary amides is 1. The first kappa shape index (κ1) is 16.9. The number of nitrogens with zero attached hydrogens (tertiary/aromatic N) is 1. The van der Waals surface area contributed by atoms with Gasteiger partial charge in [-0.3, -0.25) is 9.79 Å². The molecule has 1 aromatic rings. The molecule has 0 heterocycles. The molecule has 0 aliphatic heterocycles. The van der Waals surface area contributed by atoms with Crippen LogP contribution in [0.15, 0.2) is 40.2 Å². The zero-order chi connectivity index (χ0) is 15.9. The summed E-state index contributed by atoms with van der Waals surface area (Å²) in [6.45, 7) is 0.291. The number of nitrogens with two attached hydrogens (primary N) is 3. The Bertz CT molecular complexity index is 597. The van der Waals surface area contributed by atoms with E-state index in [2.05, 4.69) is 9.71 Å². The van der Waals surface area contributed by atoms with Gasteiger partial charge in [-0.15, -0.1) is 0 Å². The van der Waals surface area contributed by atoms with Crippen LogP contribution in [0, 0.1) is 0 Å². The highest BCUT2D eigenvalue weighted by Crippen LogP contribution is 2.09. The Kier molecular flexibility index (Phi) is 6.12. The van der Waals surface area contributed by atoms with Gasteiger partial charge < -0.3 is 17.2 Å². The van der Waals surface area contributed by atoms with E-state index in [0.29, 0.717) is 13.0 Å². The molecule has 0 aromatic heterocycles. The van der Waals surface area contributed by atoms with E-state index in [1.807, 2.05) is 0 Å². The summed E-state index contributed by atoms with van der Waals surface area (Å²) in [5.74, 6) is -0.810. The quantitative estimate of drug-likeness (QED) is 0.272. The number of carbonyl (C=O) groups excluding carboxylic acids is 1. The molecular weight excluding hydrogens is 294 g/mol. The van der Waals surface area contributed by atoms with E-state index in [4.69, 9.17) is 17.2 Å². The van der Waals surface area contributed by atoms with Gasteiger partial charge in [0.2, 0.25) is 15.9 Å². The van der Waals surface area contributed by atoms with Gasteiger partial charge in [-0.25, -0.2) is 8.42 Å². The van der Waals surface area contributed by atoms with Crippen molar-refractivity contribution < 1.29 is 13.2 Å². The molecule has 1 unspecified atom stereocenters. The van der Waals surface area contributed by atoms with Crippen LogP contribution in [0.3, 0.4) is 0 Å². The summed E-state index contributed by atoms with van der Waals surface area (Å²) in [6.07, 6.45) is 0.626. The molecule has 9 heteroatoms. The van der Waals surface area contributed by atoms with Gasteiger partial charge in [0.15, 0.2) is 5.96 Å². The molecule has 1 amide bonds. The van der Waals surface area contributed by atoms with Gasteiger partial charge in [0, 0.05) is 6.54 Å². The third-order valence-corrected chi connectivity index (χ3v) is 4.13. The lowest BCUT2D eigenvalue weighted by Gasteiger charge is -2.15. The van der Waals surface area contributed by atoms with Crippen LogP contribution >= 0.6 is 0 Å². The van der Waals surface area contributed by atoms with Crippen molar-refractivity contribution in [2.45, 2.75) is 23.8 Å². The molecular formula is C12H19N5O3S. The Hall–Kier alpha value is -2.13. The maximum atomic E-state index is 12.1. The Morgan fingerprint density at radius 2 is 1.81 bits per heavy atom. The summed E-state index contributed by atoms with van der Waals surface area (Å²) in [6, 6.07) is 6.72. The van der Waals surface area contributed by atoms with Crippen LogP contribution in [-0.2, 0) is 14.8 Å². The molecule has 0 radical (unpaired) electrons. The first-order valence-electron chi connectivity index (χ1n) is 6.25. The summed E-state index contributed by atoms with van der Waals surface area (Å²) >= 11 is 0. The van der Waals surface area contributed by atoms with Gasteiger partial charge in [-0.05, 0) is 25.0 Å². The number of nitrogens with one attached hydrogen (secondary N) is 1. The minimum absolute atomic E-state index is 0.0597. The molecule has 8 nitrogen and oxygen atoms in total. The smallest absolute Gasteiger partial charge is 0.241 e. The molecule has 21 heavy (non-hydrogen) atoms. The van der Waals surface area contributed by atoms with Crippen LogP contribution in [-0.4, -0.2) is 32.9 Å². The van der Waals surface area contributed by atoms with E-state index in [9.17, 15) is 13.2 Å². The zero-order valence-electron chi connectivity index (χ0n) is 11.4. The molecule has 0 aliphatic rings. The van der Waals surface area contributed by atoms with Crippen molar-refractivity contribution in [2.75, 3.05) is 6.54 Å². The van der Waals surface area contributed by atoms with E-state index in [-0.39, 0.29) is 17.3 Å². The number of sulfonamides is 1. The molecule has 0 fully saturated rings. The fourth-order valence-electron chi connectivity index (χ4n) is 1.62. The highest BCUT2D eigenvalue weighted by molar-refractivity contribution is 7.89. The summed E-state index contributed by atoms with van der Waals surface area (Å²) in [5.41, 5.74) is 15.6. The molecule has 7 N–H and O–H groups in total. The van der Waals surface area contributed by atoms with Crippen molar-refractivity contribution in [1.82, 2.24) is 4.72 Å². The van der Waals surface area contributed by atoms with Gasteiger partial charge in [-0.1, -0.05) is 18.2 Å². The molecule has 1 aromatic carbocycles. The minimum atomic E-state index is -3.79. The Morgan fingerprint density at radius 3 is 2.33 bits per heavy atom. The SMILES string of the molecule is NC(=O)C(CCCN=C(N)N)NS(=O)(=O)c1ccccc1. The monoisotopic (exact) mass is 313 g/mol. The van der Waals surface area contributed by atoms with Crippen LogP contribution in [0.5, 0.6) is 0 Å². The van der Waals surface area contributed by atoms with Crippen LogP contribution in [0.1, 0.15) is 12.8 Å². The minimum Gasteiger partial charge on any atom is -0.370 e. The Morgan fingerprint density at radius 1 is 1.19 bits per heavy atom. The topological polar surface area (TPSA) is 154 Å². The van der Waals surface area contributed by atoms with Crippen molar-refractivity contribution in [3.05, 3.63) is 30.3 Å². The lowest BCUT2D eigenvalue weighted by molar-refractivity contribution is -0.119. The predicted octanol–water partition coefficient (Wildman–Crippen LogP) is -1.13. The number of amides is 1. The third-order valence-electron chi connectivity index (χ3n) is 2.64. The predicted molar refractivity (Wildman–Crippen MR) is 79.7 cm³/mol. The van der Waals surface area contributed by atoms with Gasteiger partial charge in [-0.2, -0.15) is 4.72 Å². The van der Waals surface area contributed by atoms with Crippen LogP contribution in [0.4, 0.5) is 0 Å². The van der Waals surface area contributed by atoms with Gasteiger partial charge in [0.05, 0.1) is 4.90 Å². The number of rotatable bonds is 8. The van der Waals surface area contributed by atoms with Crippen molar-refractivity contribution in [3.8, 4) is 0 Å². The summed E-state index contributed by atoms with van der Waals surface area (Å²) in [5, 5.41) is 0. The second-order valence-corrected chi connectivity index (χ2v) is 6.05. The highest BCUT2D eigenvalue weighted by Gasteiger charge is 2.23. The average molecular weight is 313 g/mol. The van der Waals surface area contributed by atoms with Crippen molar-refractivity contribution in [1.29, 1.82) is 0 Å². The van der Waals surface area contributed by atoms with E-state index < -0.39 is 22.0 Å². The van der Waals surface area contributed by atoms with Crippen molar-refractivity contribution in [2.24, 2.45) is 22.2 Å². The Balaban J connectivity index is 2.70. The number of hydrogen-bond donors (Lipinski definition) is 4. The molecule has 0 bridgehead atoms. The Labute approximate surface area is 123 Å². The lowest BCUT2D eigenvalue weighted by atomic mass is 10.1. The van der Waals surface area contributed by atoms with E-state index in [1.165, 1.54) is 12.1 Å². The number of benzene rings is 1. The zero-order valence-corrected chi connectivity index (χ0v) is 12.2. The second kappa shape index (κ2) is 7.60. The largest absolute Gasteiger partial charge is 0.370 e. The van der Waals surface area contributed by atoms with E-state index in [0.717, 1.165) is 0 Å². The van der Waals surface area contributed by atoms with E-state index >= 15 is 0 Å². The maximum Gasteiger partial charge on any atom is 0.241 e. The standard InChI is InChI=1S/C12H19N5O3S/c13-11(18)10(7-4-8-16-12(14)15)17-21(19,20)9-5-2-1-3-6-9/h1-3,5-6,10,17H,4,7-8H2,(H2,13,18)(H4,14,15,16). The normalized spacial score (nSPS) is 12.6. The molecule has 1 atom stereocenters. The third kappa shape index (κ3) is 5.79. The molecule has 1 rings (SSSR count). The van der Waals surface area contributed by atoms with Crippen LogP contribution in [0.25, 0.3) is 0 Å². The fourth-order valence-corrected chi connectivity index (χ4v) is 2.88. The maximum absolute atomic E-state index is 12.1. The number of carbonyl (C=O) groups is 1. The molecule has 0 spiro atoms. The summed E-state index contributed by atoms with van der Waals surface area (Å²) in [4.78, 5) is 15.2. The first-order chi connectivity index (χ1) is 9.83. The van der Waals surface area contributed by atoms with Crippen molar-refractivity contribution in [3.63, 3.8) is 0 Å². The molecule has 116 valence electrons. The average Bonchev–Trinajstić information content (AvgIpc) is 2.42. The summed E-state index contributed by atoms with van der Waals surface area (Å²) in [7, 11) is -3.79. The molecule has 0 saturated carbocycles. The first-order valence-corrected chi connectivity index (χ1v) is 7.73. The lowest BCUT2D eigenvalue weighted by Crippen LogP contribution is -2.44.